The second-order valence-electron chi connectivity index (χ2n) is 8.95. The zero-order chi connectivity index (χ0) is 26.5. The van der Waals surface area contributed by atoms with E-state index >= 15 is 0 Å². The maximum atomic E-state index is 14.3. The highest BCUT2D eigenvalue weighted by Gasteiger charge is 2.25. The van der Waals surface area contributed by atoms with E-state index in [0.717, 1.165) is 0 Å². The van der Waals surface area contributed by atoms with Crippen LogP contribution in [0.25, 0.3) is 11.3 Å². The Morgan fingerprint density at radius 3 is 2.50 bits per heavy atom. The molecule has 8 nitrogen and oxygen atoms in total. The van der Waals surface area contributed by atoms with Crippen LogP contribution in [0.1, 0.15) is 51.6 Å². The van der Waals surface area contributed by atoms with Gasteiger partial charge in [-0.2, -0.15) is 4.72 Å². The fourth-order valence-corrected chi connectivity index (χ4v) is 4.25. The zero-order valence-electron chi connectivity index (χ0n) is 21.0. The molecule has 1 aromatic carbocycles. The molecular formula is C26H32FN3O5S. The number of aliphatic hydroxyl groups excluding tert-OH is 1. The van der Waals surface area contributed by atoms with E-state index in [1.807, 2.05) is 27.7 Å². The number of sulfonamides is 1. The molecular weight excluding hydrogens is 485 g/mol. The summed E-state index contributed by atoms with van der Waals surface area (Å²) in [5.74, 6) is 0.181. The van der Waals surface area contributed by atoms with E-state index in [1.54, 1.807) is 31.2 Å². The van der Waals surface area contributed by atoms with Gasteiger partial charge in [-0.05, 0) is 62.6 Å². The summed E-state index contributed by atoms with van der Waals surface area (Å²) in [6.07, 6.45) is -1.28. The van der Waals surface area contributed by atoms with E-state index < -0.39 is 22.1 Å². The maximum absolute atomic E-state index is 14.3. The highest BCUT2D eigenvalue weighted by atomic mass is 32.2. The predicted molar refractivity (Wildman–Crippen MR) is 135 cm³/mol. The Kier molecular flexibility index (Phi) is 8.99. The molecule has 3 aromatic rings. The highest BCUT2D eigenvalue weighted by Crippen LogP contribution is 2.31. The van der Waals surface area contributed by atoms with Gasteiger partial charge in [0.25, 0.3) is 10.0 Å². The summed E-state index contributed by atoms with van der Waals surface area (Å²) in [5, 5.41) is 10.6. The standard InChI is InChI=1S/C26H32FN3O5S/c1-6-18(5)35-26-22(25(31)30-36(32,33)24-9-7-8-17(4)28-24)10-11-23(29-26)19-12-20(27)14-21(13-19)34-15-16(2)3/h7-14,16,18,25,30-31H,6,15H2,1-5H3/t18-,25?/m0/s1. The van der Waals surface area contributed by atoms with Crippen molar-refractivity contribution in [3.8, 4) is 22.9 Å². The second-order valence-corrected chi connectivity index (χ2v) is 10.6. The van der Waals surface area contributed by atoms with Crippen molar-refractivity contribution in [2.24, 2.45) is 5.92 Å². The quantitative estimate of drug-likeness (QED) is 0.353. The molecule has 0 aliphatic heterocycles. The molecule has 2 aromatic heterocycles. The third-order valence-electron chi connectivity index (χ3n) is 5.23. The molecule has 0 saturated heterocycles. The molecule has 194 valence electrons. The Balaban J connectivity index is 1.96. The normalized spacial score (nSPS) is 13.4. The van der Waals surface area contributed by atoms with E-state index in [9.17, 15) is 17.9 Å². The van der Waals surface area contributed by atoms with Gasteiger partial charge in [-0.1, -0.05) is 26.8 Å². The molecule has 10 heteroatoms. The third kappa shape index (κ3) is 7.22. The number of aryl methyl sites for hydroxylation is 1. The summed E-state index contributed by atoms with van der Waals surface area (Å²) in [5.41, 5.74) is 1.46. The van der Waals surface area contributed by atoms with Crippen molar-refractivity contribution >= 4 is 10.0 Å². The van der Waals surface area contributed by atoms with Gasteiger partial charge in [0.05, 0.1) is 24.0 Å². The number of hydrogen-bond donors (Lipinski definition) is 2. The molecule has 2 heterocycles. The largest absolute Gasteiger partial charge is 0.493 e. The Labute approximate surface area is 211 Å². The molecule has 2 N–H and O–H groups in total. The number of nitrogens with zero attached hydrogens (tertiary/aromatic N) is 2. The molecule has 1 unspecified atom stereocenters. The minimum atomic E-state index is -4.13. The topological polar surface area (TPSA) is 111 Å². The van der Waals surface area contributed by atoms with Gasteiger partial charge >= 0.3 is 0 Å². The van der Waals surface area contributed by atoms with Crippen molar-refractivity contribution in [2.45, 2.75) is 58.4 Å². The van der Waals surface area contributed by atoms with E-state index in [1.165, 1.54) is 24.3 Å². The summed E-state index contributed by atoms with van der Waals surface area (Å²) < 4.78 is 53.7. The first-order valence-electron chi connectivity index (χ1n) is 11.7. The van der Waals surface area contributed by atoms with Crippen LogP contribution in [0.15, 0.2) is 53.6 Å². The number of pyridine rings is 2. The van der Waals surface area contributed by atoms with E-state index in [4.69, 9.17) is 9.47 Å². The number of aliphatic hydroxyl groups is 1. The number of benzene rings is 1. The number of rotatable bonds is 11. The molecule has 0 spiro atoms. The maximum Gasteiger partial charge on any atom is 0.260 e. The van der Waals surface area contributed by atoms with Gasteiger partial charge in [0.1, 0.15) is 17.8 Å². The van der Waals surface area contributed by atoms with Gasteiger partial charge in [-0.15, -0.1) is 0 Å². The lowest BCUT2D eigenvalue weighted by molar-refractivity contribution is 0.149. The van der Waals surface area contributed by atoms with Crippen LogP contribution < -0.4 is 14.2 Å². The van der Waals surface area contributed by atoms with Crippen LogP contribution in [0.3, 0.4) is 0 Å². The molecule has 0 fully saturated rings. The van der Waals surface area contributed by atoms with Crippen LogP contribution in [0.5, 0.6) is 11.6 Å². The van der Waals surface area contributed by atoms with Crippen LogP contribution in [0, 0.1) is 18.7 Å². The summed E-state index contributed by atoms with van der Waals surface area (Å²) in [4.78, 5) is 8.51. The second kappa shape index (κ2) is 11.8. The minimum Gasteiger partial charge on any atom is -0.493 e. The summed E-state index contributed by atoms with van der Waals surface area (Å²) in [6.45, 7) is 9.83. The molecule has 0 amide bonds. The van der Waals surface area contributed by atoms with Crippen molar-refractivity contribution in [3.05, 3.63) is 65.6 Å². The Hall–Kier alpha value is -3.08. The fraction of sp³-hybridized carbons (Fsp3) is 0.385. The molecule has 0 bridgehead atoms. The number of halogens is 1. The van der Waals surface area contributed by atoms with Crippen LogP contribution in [-0.2, 0) is 10.0 Å². The first-order valence-corrected chi connectivity index (χ1v) is 13.2. The van der Waals surface area contributed by atoms with E-state index in [2.05, 4.69) is 14.7 Å². The van der Waals surface area contributed by atoms with E-state index in [-0.39, 0.29) is 28.5 Å². The zero-order valence-corrected chi connectivity index (χ0v) is 21.8. The van der Waals surface area contributed by atoms with Gasteiger partial charge in [-0.25, -0.2) is 22.8 Å². The van der Waals surface area contributed by atoms with Gasteiger partial charge < -0.3 is 14.6 Å². The molecule has 3 rings (SSSR count). The summed E-state index contributed by atoms with van der Waals surface area (Å²) >= 11 is 0. The van der Waals surface area contributed by atoms with Gasteiger partial charge in [-0.3, -0.25) is 0 Å². The first-order chi connectivity index (χ1) is 17.0. The van der Waals surface area contributed by atoms with Crippen molar-refractivity contribution < 1.29 is 27.4 Å². The third-order valence-corrected chi connectivity index (χ3v) is 6.54. The van der Waals surface area contributed by atoms with Crippen molar-refractivity contribution in [2.75, 3.05) is 6.61 Å². The smallest absolute Gasteiger partial charge is 0.260 e. The van der Waals surface area contributed by atoms with Gasteiger partial charge in [0.15, 0.2) is 5.03 Å². The molecule has 2 atom stereocenters. The summed E-state index contributed by atoms with van der Waals surface area (Å²) in [6, 6.07) is 11.9. The van der Waals surface area contributed by atoms with Crippen molar-refractivity contribution in [1.29, 1.82) is 0 Å². The van der Waals surface area contributed by atoms with E-state index in [0.29, 0.717) is 35.7 Å². The highest BCUT2D eigenvalue weighted by molar-refractivity contribution is 7.89. The predicted octanol–water partition coefficient (Wildman–Crippen LogP) is 4.77. The van der Waals surface area contributed by atoms with Crippen molar-refractivity contribution in [1.82, 2.24) is 14.7 Å². The van der Waals surface area contributed by atoms with Gasteiger partial charge in [0.2, 0.25) is 5.88 Å². The van der Waals surface area contributed by atoms with Crippen LogP contribution in [0.4, 0.5) is 4.39 Å². The number of nitrogens with one attached hydrogen (secondary N) is 1. The molecule has 36 heavy (non-hydrogen) atoms. The van der Waals surface area contributed by atoms with Crippen molar-refractivity contribution in [3.63, 3.8) is 0 Å². The van der Waals surface area contributed by atoms with Crippen LogP contribution in [0.2, 0.25) is 0 Å². The lowest BCUT2D eigenvalue weighted by atomic mass is 10.1. The molecule has 0 saturated carbocycles. The molecule has 0 aliphatic rings. The Morgan fingerprint density at radius 1 is 1.08 bits per heavy atom. The monoisotopic (exact) mass is 517 g/mol. The van der Waals surface area contributed by atoms with Crippen LogP contribution in [-0.4, -0.2) is 36.2 Å². The Bertz CT molecular complexity index is 1300. The minimum absolute atomic E-state index is 0.0307. The first kappa shape index (κ1) is 27.5. The Morgan fingerprint density at radius 2 is 1.83 bits per heavy atom. The number of ether oxygens (including phenoxy) is 2. The number of hydrogen-bond acceptors (Lipinski definition) is 7. The summed E-state index contributed by atoms with van der Waals surface area (Å²) in [7, 11) is -4.13. The number of aromatic nitrogens is 2. The molecule has 0 aliphatic carbocycles. The SMILES string of the molecule is CC[C@H](C)Oc1nc(-c2cc(F)cc(OCC(C)C)c2)ccc1C(O)NS(=O)(=O)c1cccc(C)n1. The molecule has 0 radical (unpaired) electrons. The average Bonchev–Trinajstić information content (AvgIpc) is 2.82. The van der Waals surface area contributed by atoms with Gasteiger partial charge in [0, 0.05) is 17.3 Å². The average molecular weight is 518 g/mol. The lowest BCUT2D eigenvalue weighted by Gasteiger charge is -2.20. The fourth-order valence-electron chi connectivity index (χ4n) is 3.18. The lowest BCUT2D eigenvalue weighted by Crippen LogP contribution is -2.30. The van der Waals surface area contributed by atoms with Crippen LogP contribution >= 0.6 is 0 Å².